The molecule has 4 rings (SSSR count). The normalized spacial score (nSPS) is 21.2. The quantitative estimate of drug-likeness (QED) is 0.718. The molecule has 0 atom stereocenters. The number of aryl methyl sites for hydroxylation is 1. The number of amides is 1. The Kier molecular flexibility index (Phi) is 4.73. The summed E-state index contributed by atoms with van der Waals surface area (Å²) in [7, 11) is 0. The number of hydrogen-bond acceptors (Lipinski definition) is 4. The first-order valence-corrected chi connectivity index (χ1v) is 9.47. The molecule has 6 nitrogen and oxygen atoms in total. The maximum absolute atomic E-state index is 12.5. The molecule has 28 heavy (non-hydrogen) atoms. The van der Waals surface area contributed by atoms with Crippen LogP contribution in [0.25, 0.3) is 5.69 Å². The molecule has 0 saturated heterocycles. The second-order valence-electron chi connectivity index (χ2n) is 7.87. The number of benzene rings is 1. The molecule has 1 saturated carbocycles. The van der Waals surface area contributed by atoms with Crippen LogP contribution in [0.15, 0.2) is 55.0 Å². The lowest BCUT2D eigenvalue weighted by molar-refractivity contribution is -0.0367. The summed E-state index contributed by atoms with van der Waals surface area (Å²) < 4.78 is 1.82. The summed E-state index contributed by atoms with van der Waals surface area (Å²) in [4.78, 5) is 16.8. The molecule has 0 aliphatic heterocycles. The third-order valence-corrected chi connectivity index (χ3v) is 5.25. The predicted molar refractivity (Wildman–Crippen MR) is 106 cm³/mol. The van der Waals surface area contributed by atoms with Crippen molar-refractivity contribution in [3.05, 3.63) is 77.4 Å². The van der Waals surface area contributed by atoms with Gasteiger partial charge in [0.15, 0.2) is 0 Å². The topological polar surface area (TPSA) is 80.0 Å². The van der Waals surface area contributed by atoms with E-state index in [0.29, 0.717) is 18.5 Å². The predicted octanol–water partition coefficient (Wildman–Crippen LogP) is 2.81. The first kappa shape index (κ1) is 18.4. The van der Waals surface area contributed by atoms with Crippen LogP contribution in [0.3, 0.4) is 0 Å². The van der Waals surface area contributed by atoms with Gasteiger partial charge >= 0.3 is 0 Å². The SMILES string of the molecule is Cc1cnc(C(=O)N[C@H]2C[C@](C)(O)C2)cc1Cc1ccc(-n2cccn2)cc1. The lowest BCUT2D eigenvalue weighted by Crippen LogP contribution is -2.53. The van der Waals surface area contributed by atoms with Gasteiger partial charge in [0.1, 0.15) is 5.69 Å². The van der Waals surface area contributed by atoms with Gasteiger partial charge in [0, 0.05) is 24.6 Å². The zero-order valence-electron chi connectivity index (χ0n) is 16.1. The summed E-state index contributed by atoms with van der Waals surface area (Å²) in [6.45, 7) is 3.79. The van der Waals surface area contributed by atoms with Crippen LogP contribution in [0.2, 0.25) is 0 Å². The zero-order valence-corrected chi connectivity index (χ0v) is 16.1. The summed E-state index contributed by atoms with van der Waals surface area (Å²) in [5, 5.41) is 17.0. The number of pyridine rings is 1. The fourth-order valence-electron chi connectivity index (χ4n) is 3.65. The molecule has 1 aliphatic rings. The van der Waals surface area contributed by atoms with Crippen LogP contribution in [0.1, 0.15) is 46.9 Å². The molecule has 0 unspecified atom stereocenters. The van der Waals surface area contributed by atoms with Gasteiger partial charge < -0.3 is 10.4 Å². The lowest BCUT2D eigenvalue weighted by Gasteiger charge is -2.41. The summed E-state index contributed by atoms with van der Waals surface area (Å²) >= 11 is 0. The first-order chi connectivity index (χ1) is 13.4. The minimum Gasteiger partial charge on any atom is -0.390 e. The van der Waals surface area contributed by atoms with Crippen LogP contribution in [-0.4, -0.2) is 37.4 Å². The van der Waals surface area contributed by atoms with E-state index in [1.165, 1.54) is 0 Å². The van der Waals surface area contributed by atoms with Gasteiger partial charge in [-0.15, -0.1) is 0 Å². The van der Waals surface area contributed by atoms with Gasteiger partial charge in [-0.2, -0.15) is 5.10 Å². The molecule has 3 aromatic rings. The van der Waals surface area contributed by atoms with Gasteiger partial charge in [0.25, 0.3) is 5.91 Å². The van der Waals surface area contributed by atoms with E-state index in [2.05, 4.69) is 27.5 Å². The zero-order chi connectivity index (χ0) is 19.7. The molecular formula is C22H24N4O2. The molecule has 144 valence electrons. The van der Waals surface area contributed by atoms with Gasteiger partial charge in [0.05, 0.1) is 11.3 Å². The molecule has 1 fully saturated rings. The number of hydrogen-bond donors (Lipinski definition) is 2. The number of aromatic nitrogens is 3. The lowest BCUT2D eigenvalue weighted by atomic mass is 9.77. The minimum atomic E-state index is -0.661. The number of nitrogens with one attached hydrogen (secondary N) is 1. The van der Waals surface area contributed by atoms with Crippen molar-refractivity contribution in [3.8, 4) is 5.69 Å². The molecule has 0 spiro atoms. The van der Waals surface area contributed by atoms with Crippen LogP contribution in [0.4, 0.5) is 0 Å². The summed E-state index contributed by atoms with van der Waals surface area (Å²) in [6.07, 6.45) is 7.31. The van der Waals surface area contributed by atoms with Crippen molar-refractivity contribution >= 4 is 5.91 Å². The molecule has 6 heteroatoms. The van der Waals surface area contributed by atoms with Gasteiger partial charge in [-0.1, -0.05) is 12.1 Å². The summed E-state index contributed by atoms with van der Waals surface area (Å²) in [5.74, 6) is -0.184. The molecule has 1 aliphatic carbocycles. The van der Waals surface area contributed by atoms with Gasteiger partial charge in [0.2, 0.25) is 0 Å². The second-order valence-corrected chi connectivity index (χ2v) is 7.87. The maximum atomic E-state index is 12.5. The fourth-order valence-corrected chi connectivity index (χ4v) is 3.65. The standard InChI is InChI=1S/C22H24N4O2/c1-15-14-23-20(21(27)25-18-12-22(2,28)13-18)11-17(15)10-16-4-6-19(7-5-16)26-9-3-8-24-26/h3-9,11,14,18,28H,10,12-13H2,1-2H3,(H,25,27)/t18-,22-. The minimum absolute atomic E-state index is 0.0175. The number of carbonyl (C=O) groups excluding carboxylic acids is 1. The summed E-state index contributed by atoms with van der Waals surface area (Å²) in [5.41, 5.74) is 4.06. The van der Waals surface area contributed by atoms with E-state index >= 15 is 0 Å². The van der Waals surface area contributed by atoms with E-state index in [0.717, 1.165) is 28.8 Å². The molecule has 0 bridgehead atoms. The van der Waals surface area contributed by atoms with Crippen molar-refractivity contribution < 1.29 is 9.90 Å². The Morgan fingerprint density at radius 2 is 2.07 bits per heavy atom. The van der Waals surface area contributed by atoms with E-state index in [1.807, 2.05) is 42.1 Å². The Labute approximate surface area is 164 Å². The number of rotatable bonds is 5. The molecule has 2 aromatic heterocycles. The average Bonchev–Trinajstić information content (AvgIpc) is 3.17. The van der Waals surface area contributed by atoms with Crippen LogP contribution < -0.4 is 5.32 Å². The molecule has 0 radical (unpaired) electrons. The number of carbonyl (C=O) groups is 1. The highest BCUT2D eigenvalue weighted by molar-refractivity contribution is 5.92. The largest absolute Gasteiger partial charge is 0.390 e. The van der Waals surface area contributed by atoms with Crippen molar-refractivity contribution in [1.29, 1.82) is 0 Å². The monoisotopic (exact) mass is 376 g/mol. The van der Waals surface area contributed by atoms with Crippen LogP contribution >= 0.6 is 0 Å². The van der Waals surface area contributed by atoms with E-state index in [-0.39, 0.29) is 11.9 Å². The van der Waals surface area contributed by atoms with E-state index in [1.54, 1.807) is 19.3 Å². The average molecular weight is 376 g/mol. The van der Waals surface area contributed by atoms with Gasteiger partial charge in [-0.05, 0) is 74.1 Å². The Hall–Kier alpha value is -2.99. The van der Waals surface area contributed by atoms with Crippen molar-refractivity contribution in [1.82, 2.24) is 20.1 Å². The highest BCUT2D eigenvalue weighted by Crippen LogP contribution is 2.31. The van der Waals surface area contributed by atoms with Gasteiger partial charge in [-0.25, -0.2) is 4.68 Å². The Morgan fingerprint density at radius 1 is 1.32 bits per heavy atom. The van der Waals surface area contributed by atoms with E-state index in [4.69, 9.17) is 0 Å². The van der Waals surface area contributed by atoms with Crippen molar-refractivity contribution in [3.63, 3.8) is 0 Å². The molecule has 1 amide bonds. The Balaban J connectivity index is 1.46. The van der Waals surface area contributed by atoms with Crippen LogP contribution in [0, 0.1) is 6.92 Å². The van der Waals surface area contributed by atoms with Crippen molar-refractivity contribution in [2.45, 2.75) is 44.8 Å². The van der Waals surface area contributed by atoms with Crippen LogP contribution in [-0.2, 0) is 6.42 Å². The highest BCUT2D eigenvalue weighted by Gasteiger charge is 2.39. The van der Waals surface area contributed by atoms with E-state index < -0.39 is 5.60 Å². The first-order valence-electron chi connectivity index (χ1n) is 9.47. The fraction of sp³-hybridized carbons (Fsp3) is 0.318. The van der Waals surface area contributed by atoms with Crippen molar-refractivity contribution in [2.75, 3.05) is 0 Å². The molecular weight excluding hydrogens is 352 g/mol. The van der Waals surface area contributed by atoms with Gasteiger partial charge in [-0.3, -0.25) is 9.78 Å². The molecule has 1 aromatic carbocycles. The van der Waals surface area contributed by atoms with Crippen LogP contribution in [0.5, 0.6) is 0 Å². The van der Waals surface area contributed by atoms with E-state index in [9.17, 15) is 9.90 Å². The highest BCUT2D eigenvalue weighted by atomic mass is 16.3. The Morgan fingerprint density at radius 3 is 2.71 bits per heavy atom. The maximum Gasteiger partial charge on any atom is 0.270 e. The molecule has 2 N–H and O–H groups in total. The molecule has 2 heterocycles. The third kappa shape index (κ3) is 3.97. The summed E-state index contributed by atoms with van der Waals surface area (Å²) in [6, 6.07) is 12.0. The Bertz CT molecular complexity index is 970. The van der Waals surface area contributed by atoms with Crippen molar-refractivity contribution in [2.24, 2.45) is 0 Å². The second kappa shape index (κ2) is 7.20. The third-order valence-electron chi connectivity index (χ3n) is 5.25. The smallest absolute Gasteiger partial charge is 0.270 e. The number of nitrogens with zero attached hydrogens (tertiary/aromatic N) is 3. The number of aliphatic hydroxyl groups is 1.